The number of fused-ring (bicyclic) bond motifs is 1. The van der Waals surface area contributed by atoms with Gasteiger partial charge >= 0.3 is 0 Å². The second-order valence-corrected chi connectivity index (χ2v) is 12.9. The highest BCUT2D eigenvalue weighted by Crippen LogP contribution is 2.35. The zero-order valence-corrected chi connectivity index (χ0v) is 18.3. The summed E-state index contributed by atoms with van der Waals surface area (Å²) in [7, 11) is -2.38. The van der Waals surface area contributed by atoms with Crippen molar-refractivity contribution in [2.45, 2.75) is 25.8 Å². The highest BCUT2D eigenvalue weighted by Gasteiger charge is 2.46. The third kappa shape index (κ3) is 3.53. The van der Waals surface area contributed by atoms with Crippen LogP contribution in [0.5, 0.6) is 0 Å². The molecule has 0 atom stereocenters. The smallest absolute Gasteiger partial charge is 0.114 e. The topological polar surface area (TPSA) is 0 Å². The predicted octanol–water partition coefficient (Wildman–Crippen LogP) is 5.79. The van der Waals surface area contributed by atoms with Crippen molar-refractivity contribution >= 4 is 29.2 Å². The van der Waals surface area contributed by atoms with Gasteiger partial charge in [0.25, 0.3) is 0 Å². The lowest BCUT2D eigenvalue weighted by molar-refractivity contribution is 0.740. The van der Waals surface area contributed by atoms with Crippen molar-refractivity contribution in [3.8, 4) is 11.5 Å². The Bertz CT molecular complexity index is 1130. The van der Waals surface area contributed by atoms with Crippen LogP contribution in [0.2, 0.25) is 5.04 Å². The summed E-state index contributed by atoms with van der Waals surface area (Å²) in [5.74, 6) is 3.64. The lowest BCUT2D eigenvalue weighted by atomic mass is 10.1. The molecule has 0 bridgehead atoms. The van der Waals surface area contributed by atoms with Crippen LogP contribution in [0.1, 0.15) is 26.3 Å². The van der Waals surface area contributed by atoms with Gasteiger partial charge in [-0.1, -0.05) is 124 Å². The van der Waals surface area contributed by atoms with Gasteiger partial charge in [0.15, 0.2) is 0 Å². The Labute approximate surface area is 175 Å². The lowest BCUT2D eigenvalue weighted by Crippen LogP contribution is -2.63. The molecule has 0 radical (unpaired) electrons. The van der Waals surface area contributed by atoms with Crippen LogP contribution in [0, 0.1) is 11.5 Å². The molecule has 0 fully saturated rings. The normalized spacial score (nSPS) is 11.7. The molecule has 0 spiro atoms. The van der Waals surface area contributed by atoms with Crippen molar-refractivity contribution in [2.75, 3.05) is 0 Å². The summed E-state index contributed by atoms with van der Waals surface area (Å²) < 4.78 is 0. The number of benzene rings is 4. The van der Waals surface area contributed by atoms with Crippen LogP contribution >= 0.6 is 0 Å². The molecule has 0 heterocycles. The molecular formula is C28H26Si. The molecular weight excluding hydrogens is 364 g/mol. The van der Waals surface area contributed by atoms with Gasteiger partial charge in [-0.2, -0.15) is 0 Å². The monoisotopic (exact) mass is 390 g/mol. The Kier molecular flexibility index (Phi) is 5.13. The van der Waals surface area contributed by atoms with Crippen LogP contribution in [0.15, 0.2) is 103 Å². The molecule has 142 valence electrons. The van der Waals surface area contributed by atoms with E-state index in [1.807, 2.05) is 0 Å². The van der Waals surface area contributed by atoms with Gasteiger partial charge in [-0.25, -0.2) is 0 Å². The molecule has 1 heteroatoms. The summed E-state index contributed by atoms with van der Waals surface area (Å²) in [5.41, 5.74) is 5.01. The number of hydrogen-bond donors (Lipinski definition) is 0. The summed E-state index contributed by atoms with van der Waals surface area (Å²) >= 11 is 0. The first kappa shape index (κ1) is 19.2. The van der Waals surface area contributed by atoms with E-state index in [-0.39, 0.29) is 5.04 Å². The fraction of sp³-hybridized carbons (Fsp3) is 0.143. The Morgan fingerprint density at radius 3 is 1.69 bits per heavy atom. The zero-order chi connectivity index (χ0) is 20.3. The van der Waals surface area contributed by atoms with Crippen molar-refractivity contribution < 1.29 is 0 Å². The van der Waals surface area contributed by atoms with E-state index in [2.05, 4.69) is 135 Å². The molecule has 0 saturated carbocycles. The first-order chi connectivity index (χ1) is 14.0. The molecule has 0 unspecified atom stereocenters. The lowest BCUT2D eigenvalue weighted by Gasteiger charge is -2.39. The standard InChI is InChI=1S/C28H26Si/c1-28(2,3)29(25-16-6-4-7-17-25,26-18-8-5-9-19-26)22-21-24-15-12-14-23-13-10-11-20-27(23)24/h4-20H,1-3H3. The van der Waals surface area contributed by atoms with Gasteiger partial charge in [0.1, 0.15) is 0 Å². The molecule has 4 aromatic rings. The Morgan fingerprint density at radius 1 is 0.586 bits per heavy atom. The third-order valence-corrected chi connectivity index (χ3v) is 10.9. The van der Waals surface area contributed by atoms with Crippen molar-refractivity contribution in [2.24, 2.45) is 0 Å². The summed E-state index contributed by atoms with van der Waals surface area (Å²) in [6.45, 7) is 7.03. The van der Waals surface area contributed by atoms with E-state index in [4.69, 9.17) is 0 Å². The van der Waals surface area contributed by atoms with Gasteiger partial charge in [-0.05, 0) is 32.3 Å². The van der Waals surface area contributed by atoms with Crippen LogP contribution in [0.25, 0.3) is 10.8 Å². The summed E-state index contributed by atoms with van der Waals surface area (Å²) in [6, 6.07) is 36.7. The summed E-state index contributed by atoms with van der Waals surface area (Å²) in [4.78, 5) is 0. The van der Waals surface area contributed by atoms with Gasteiger partial charge in [0.2, 0.25) is 8.07 Å². The molecule has 0 nitrogen and oxygen atoms in total. The van der Waals surface area contributed by atoms with Gasteiger partial charge in [0, 0.05) is 5.56 Å². The molecule has 4 aromatic carbocycles. The van der Waals surface area contributed by atoms with Crippen LogP contribution in [0.3, 0.4) is 0 Å². The molecule has 0 aromatic heterocycles. The molecule has 0 saturated heterocycles. The van der Waals surface area contributed by atoms with Gasteiger partial charge < -0.3 is 0 Å². The second kappa shape index (κ2) is 7.74. The van der Waals surface area contributed by atoms with Crippen LogP contribution < -0.4 is 10.4 Å². The minimum absolute atomic E-state index is 0.0350. The van der Waals surface area contributed by atoms with Crippen LogP contribution in [-0.2, 0) is 0 Å². The maximum absolute atomic E-state index is 3.90. The summed E-state index contributed by atoms with van der Waals surface area (Å²) in [5, 5.41) is 5.23. The van der Waals surface area contributed by atoms with E-state index in [0.29, 0.717) is 0 Å². The fourth-order valence-corrected chi connectivity index (χ4v) is 8.67. The SMILES string of the molecule is CC(C)(C)[Si](C#Cc1cccc2ccccc12)(c1ccccc1)c1ccccc1. The molecule has 0 N–H and O–H groups in total. The Morgan fingerprint density at radius 2 is 1.10 bits per heavy atom. The first-order valence-electron chi connectivity index (χ1n) is 10.1. The third-order valence-electron chi connectivity index (χ3n) is 5.71. The predicted molar refractivity (Wildman–Crippen MR) is 128 cm³/mol. The van der Waals surface area contributed by atoms with E-state index < -0.39 is 8.07 Å². The molecule has 0 aliphatic rings. The fourth-order valence-electron chi connectivity index (χ4n) is 4.24. The average molecular weight is 391 g/mol. The number of hydrogen-bond acceptors (Lipinski definition) is 0. The molecule has 0 aliphatic heterocycles. The molecule has 4 rings (SSSR count). The average Bonchev–Trinajstić information content (AvgIpc) is 2.75. The zero-order valence-electron chi connectivity index (χ0n) is 17.3. The first-order valence-corrected chi connectivity index (χ1v) is 12.1. The van der Waals surface area contributed by atoms with E-state index in [9.17, 15) is 0 Å². The van der Waals surface area contributed by atoms with Crippen LogP contribution in [0.4, 0.5) is 0 Å². The second-order valence-electron chi connectivity index (χ2n) is 8.51. The van der Waals surface area contributed by atoms with E-state index in [0.717, 1.165) is 5.56 Å². The van der Waals surface area contributed by atoms with E-state index in [1.165, 1.54) is 21.1 Å². The van der Waals surface area contributed by atoms with Crippen molar-refractivity contribution in [3.63, 3.8) is 0 Å². The van der Waals surface area contributed by atoms with Gasteiger partial charge in [-0.3, -0.25) is 0 Å². The largest absolute Gasteiger partial charge is 0.204 e. The van der Waals surface area contributed by atoms with Crippen LogP contribution in [-0.4, -0.2) is 8.07 Å². The van der Waals surface area contributed by atoms with E-state index >= 15 is 0 Å². The molecule has 0 amide bonds. The number of rotatable bonds is 2. The highest BCUT2D eigenvalue weighted by atomic mass is 28.3. The summed E-state index contributed by atoms with van der Waals surface area (Å²) in [6.07, 6.45) is 0. The van der Waals surface area contributed by atoms with Crippen molar-refractivity contribution in [1.29, 1.82) is 0 Å². The van der Waals surface area contributed by atoms with E-state index in [1.54, 1.807) is 0 Å². The maximum atomic E-state index is 3.90. The Hall–Kier alpha value is -3.08. The van der Waals surface area contributed by atoms with Crippen molar-refractivity contribution in [1.82, 2.24) is 0 Å². The molecule has 0 aliphatic carbocycles. The van der Waals surface area contributed by atoms with Gasteiger partial charge in [0.05, 0.1) is 0 Å². The minimum Gasteiger partial charge on any atom is -0.114 e. The maximum Gasteiger partial charge on any atom is 0.204 e. The Balaban J connectivity index is 2.01. The van der Waals surface area contributed by atoms with Crippen molar-refractivity contribution in [3.05, 3.63) is 109 Å². The minimum atomic E-state index is -2.38. The highest BCUT2D eigenvalue weighted by molar-refractivity contribution is 7.10. The molecule has 29 heavy (non-hydrogen) atoms. The quantitative estimate of drug-likeness (QED) is 0.300. The van der Waals surface area contributed by atoms with Gasteiger partial charge in [-0.15, -0.1) is 5.54 Å².